The lowest BCUT2D eigenvalue weighted by molar-refractivity contribution is -0.137. The fourth-order valence-electron chi connectivity index (χ4n) is 2.64. The number of fused-ring (bicyclic) bond motifs is 1. The predicted molar refractivity (Wildman–Crippen MR) is 86.4 cm³/mol. The van der Waals surface area contributed by atoms with Gasteiger partial charge in [0.2, 0.25) is 11.8 Å². The van der Waals surface area contributed by atoms with Crippen LogP contribution < -0.4 is 5.32 Å². The first kappa shape index (κ1) is 17.1. The van der Waals surface area contributed by atoms with Crippen molar-refractivity contribution >= 4 is 40.7 Å². The van der Waals surface area contributed by atoms with Crippen LogP contribution in [0.1, 0.15) is 26.3 Å². The third kappa shape index (κ3) is 2.81. The third-order valence-corrected chi connectivity index (χ3v) is 4.69. The number of rotatable bonds is 4. The molecular weight excluding hydrogens is 327 g/mol. The topological polar surface area (TPSA) is 69.6 Å². The fourth-order valence-corrected chi connectivity index (χ4v) is 2.96. The van der Waals surface area contributed by atoms with E-state index in [-0.39, 0.29) is 18.5 Å². The molecule has 1 aromatic carbocycles. The maximum atomic E-state index is 12.4. The summed E-state index contributed by atoms with van der Waals surface area (Å²) in [6.45, 7) is 4.97. The maximum absolute atomic E-state index is 12.4. The molecule has 0 unspecified atom stereocenters. The molecule has 1 aromatic rings. The molecule has 120 valence electrons. The molecule has 0 aromatic heterocycles. The highest BCUT2D eigenvalue weighted by Gasteiger charge is 2.45. The van der Waals surface area contributed by atoms with Gasteiger partial charge in [0.1, 0.15) is 6.61 Å². The number of carbonyl (C=O) groups is 2. The summed E-state index contributed by atoms with van der Waals surface area (Å²) in [7, 11) is 0. The number of anilines is 1. The number of hydrogen-bond donors (Lipinski definition) is 2. The molecule has 0 aliphatic carbocycles. The number of benzene rings is 1. The van der Waals surface area contributed by atoms with Crippen molar-refractivity contribution in [3.8, 4) is 0 Å². The normalized spacial score (nSPS) is 20.0. The molecule has 0 radical (unpaired) electrons. The zero-order valence-corrected chi connectivity index (χ0v) is 14.1. The van der Waals surface area contributed by atoms with Crippen LogP contribution in [0.2, 0.25) is 10.0 Å². The second kappa shape index (κ2) is 6.07. The second-order valence-electron chi connectivity index (χ2n) is 5.87. The van der Waals surface area contributed by atoms with E-state index in [1.54, 1.807) is 19.1 Å². The Morgan fingerprint density at radius 2 is 1.95 bits per heavy atom. The summed E-state index contributed by atoms with van der Waals surface area (Å²) >= 11 is 12.0. The van der Waals surface area contributed by atoms with E-state index in [2.05, 4.69) is 5.32 Å². The van der Waals surface area contributed by atoms with E-state index < -0.39 is 17.9 Å². The van der Waals surface area contributed by atoms with Gasteiger partial charge in [0.15, 0.2) is 0 Å². The first-order valence-electron chi connectivity index (χ1n) is 6.92. The first-order chi connectivity index (χ1) is 10.2. The summed E-state index contributed by atoms with van der Waals surface area (Å²) < 4.78 is 0. The van der Waals surface area contributed by atoms with Crippen molar-refractivity contribution in [2.45, 2.75) is 32.2 Å². The number of aliphatic hydroxyl groups excluding tert-OH is 1. The number of nitrogens with zero attached hydrogens (tertiary/aromatic N) is 1. The van der Waals surface area contributed by atoms with Crippen LogP contribution in [0.25, 0.3) is 0 Å². The van der Waals surface area contributed by atoms with Gasteiger partial charge in [-0.15, -0.1) is 0 Å². The molecule has 2 rings (SSSR count). The average molecular weight is 345 g/mol. The minimum Gasteiger partial charge on any atom is -0.387 e. The molecule has 0 fully saturated rings. The fraction of sp³-hybridized carbons (Fsp3) is 0.467. The molecule has 2 N–H and O–H groups in total. The predicted octanol–water partition coefficient (Wildman–Crippen LogP) is 2.43. The van der Waals surface area contributed by atoms with Crippen molar-refractivity contribution in [3.05, 3.63) is 27.7 Å². The van der Waals surface area contributed by atoms with Crippen LogP contribution in [0.3, 0.4) is 0 Å². The summed E-state index contributed by atoms with van der Waals surface area (Å²) in [6, 6.07) is 3.12. The maximum Gasteiger partial charge on any atom is 0.248 e. The number of carbonyl (C=O) groups excluding carboxylic acids is 2. The summed E-state index contributed by atoms with van der Waals surface area (Å²) in [5, 5.41) is 12.6. The zero-order valence-electron chi connectivity index (χ0n) is 12.6. The lowest BCUT2D eigenvalue weighted by Gasteiger charge is -2.33. The molecule has 0 saturated carbocycles. The minimum atomic E-state index is -0.946. The van der Waals surface area contributed by atoms with Crippen molar-refractivity contribution < 1.29 is 14.7 Å². The van der Waals surface area contributed by atoms with Crippen molar-refractivity contribution in [2.24, 2.45) is 0 Å². The van der Waals surface area contributed by atoms with Gasteiger partial charge >= 0.3 is 0 Å². The number of amides is 2. The molecule has 1 aliphatic rings. The highest BCUT2D eigenvalue weighted by molar-refractivity contribution is 6.42. The van der Waals surface area contributed by atoms with Gasteiger partial charge in [-0.05, 0) is 38.5 Å². The van der Waals surface area contributed by atoms with E-state index in [4.69, 9.17) is 28.3 Å². The molecule has 1 aliphatic heterocycles. The molecule has 0 saturated heterocycles. The summed E-state index contributed by atoms with van der Waals surface area (Å²) in [5.41, 5.74) is 0.351. The van der Waals surface area contributed by atoms with Gasteiger partial charge in [0, 0.05) is 18.3 Å². The Morgan fingerprint density at radius 1 is 1.36 bits per heavy atom. The Morgan fingerprint density at radius 3 is 2.50 bits per heavy atom. The smallest absolute Gasteiger partial charge is 0.248 e. The van der Waals surface area contributed by atoms with Gasteiger partial charge in [0.05, 0.1) is 15.5 Å². The highest BCUT2D eigenvalue weighted by atomic mass is 35.5. The Labute approximate surface area is 139 Å². The average Bonchev–Trinajstić information content (AvgIpc) is 2.68. The molecule has 0 bridgehead atoms. The second-order valence-corrected chi connectivity index (χ2v) is 6.69. The van der Waals surface area contributed by atoms with E-state index in [1.807, 2.05) is 13.8 Å². The number of halogens is 2. The molecule has 22 heavy (non-hydrogen) atoms. The van der Waals surface area contributed by atoms with Crippen LogP contribution in [0, 0.1) is 0 Å². The Balaban J connectivity index is 2.44. The Bertz CT molecular complexity index is 633. The van der Waals surface area contributed by atoms with Crippen molar-refractivity contribution in [2.75, 3.05) is 18.5 Å². The van der Waals surface area contributed by atoms with Crippen LogP contribution in [-0.2, 0) is 15.0 Å². The molecule has 0 spiro atoms. The van der Waals surface area contributed by atoms with E-state index >= 15 is 0 Å². The highest BCUT2D eigenvalue weighted by Crippen LogP contribution is 2.42. The van der Waals surface area contributed by atoms with Crippen molar-refractivity contribution in [1.29, 1.82) is 0 Å². The zero-order chi connectivity index (χ0) is 16.7. The molecule has 1 atom stereocenters. The van der Waals surface area contributed by atoms with Crippen LogP contribution in [0.4, 0.5) is 5.69 Å². The Kier molecular flexibility index (Phi) is 4.70. The number of nitrogens with one attached hydrogen (secondary N) is 1. The monoisotopic (exact) mass is 344 g/mol. The standard InChI is InChI=1S/C15H18Cl2N2O3/c1-8(2)19(13(21)6-20)7-15(3)9-4-10(16)11(17)5-12(9)18-14(15)22/h4-5,8,20H,6-7H2,1-3H3,(H,18,22)/t15-/m1/s1. The van der Waals surface area contributed by atoms with Crippen molar-refractivity contribution in [1.82, 2.24) is 4.90 Å². The summed E-state index contributed by atoms with van der Waals surface area (Å²) in [4.78, 5) is 25.9. The van der Waals surface area contributed by atoms with Crippen LogP contribution in [0.5, 0.6) is 0 Å². The lowest BCUT2D eigenvalue weighted by Crippen LogP contribution is -2.49. The number of hydrogen-bond acceptors (Lipinski definition) is 3. The van der Waals surface area contributed by atoms with Gasteiger partial charge in [-0.1, -0.05) is 23.2 Å². The van der Waals surface area contributed by atoms with Gasteiger partial charge in [0.25, 0.3) is 0 Å². The Hall–Kier alpha value is -1.30. The molecule has 7 heteroatoms. The summed E-state index contributed by atoms with van der Waals surface area (Å²) in [5.74, 6) is -0.644. The van der Waals surface area contributed by atoms with Crippen LogP contribution >= 0.6 is 23.2 Å². The van der Waals surface area contributed by atoms with E-state index in [0.717, 1.165) is 0 Å². The van der Waals surface area contributed by atoms with E-state index in [0.29, 0.717) is 21.3 Å². The first-order valence-corrected chi connectivity index (χ1v) is 7.67. The largest absolute Gasteiger partial charge is 0.387 e. The number of aliphatic hydroxyl groups is 1. The van der Waals surface area contributed by atoms with E-state index in [9.17, 15) is 9.59 Å². The van der Waals surface area contributed by atoms with Gasteiger partial charge in [-0.25, -0.2) is 0 Å². The van der Waals surface area contributed by atoms with Gasteiger partial charge in [-0.3, -0.25) is 9.59 Å². The van der Waals surface area contributed by atoms with Crippen LogP contribution in [-0.4, -0.2) is 41.0 Å². The lowest BCUT2D eigenvalue weighted by atomic mass is 9.83. The molecule has 5 nitrogen and oxygen atoms in total. The molecule has 2 amide bonds. The van der Waals surface area contributed by atoms with Crippen LogP contribution in [0.15, 0.2) is 12.1 Å². The van der Waals surface area contributed by atoms with Gasteiger partial charge in [-0.2, -0.15) is 0 Å². The minimum absolute atomic E-state index is 0.143. The SMILES string of the molecule is CC(C)N(C[C@@]1(C)C(=O)Nc2cc(Cl)c(Cl)cc21)C(=O)CO. The quantitative estimate of drug-likeness (QED) is 0.881. The van der Waals surface area contributed by atoms with Gasteiger partial charge < -0.3 is 15.3 Å². The summed E-state index contributed by atoms with van der Waals surface area (Å²) in [6.07, 6.45) is 0. The van der Waals surface area contributed by atoms with Crippen molar-refractivity contribution in [3.63, 3.8) is 0 Å². The third-order valence-electron chi connectivity index (χ3n) is 3.97. The molecular formula is C15H18Cl2N2O3. The van der Waals surface area contributed by atoms with E-state index in [1.165, 1.54) is 4.90 Å². The molecule has 1 heterocycles.